The number of hydrogen-bond donors (Lipinski definition) is 2. The molecule has 0 aromatic heterocycles. The van der Waals surface area contributed by atoms with E-state index in [4.69, 9.17) is 5.11 Å². The molecule has 0 fully saturated rings. The fraction of sp³-hybridized carbons (Fsp3) is 0.500. The van der Waals surface area contributed by atoms with E-state index in [1.54, 1.807) is 6.08 Å². The maximum Gasteiger partial charge on any atom is 0.114 e. The zero-order valence-corrected chi connectivity index (χ0v) is 6.26. The van der Waals surface area contributed by atoms with Crippen LogP contribution in [-0.2, 0) is 0 Å². The Morgan fingerprint density at radius 1 is 1.40 bits per heavy atom. The summed E-state index contributed by atoms with van der Waals surface area (Å²) in [6, 6.07) is 0. The normalized spacial score (nSPS) is 23.4. The third-order valence-corrected chi connectivity index (χ3v) is 1.80. The van der Waals surface area contributed by atoms with Crippen molar-refractivity contribution in [3.05, 3.63) is 23.7 Å². The predicted octanol–water partition coefficient (Wildman–Crippen LogP) is 2.30. The van der Waals surface area contributed by atoms with Gasteiger partial charge in [-0.05, 0) is 12.5 Å². The van der Waals surface area contributed by atoms with Gasteiger partial charge in [0.2, 0.25) is 0 Å². The molecular weight excluding hydrogens is 128 g/mol. The summed E-state index contributed by atoms with van der Waals surface area (Å²) in [6.45, 7) is 3.86. The second-order valence-corrected chi connectivity index (χ2v) is 3.25. The van der Waals surface area contributed by atoms with Crippen molar-refractivity contribution in [2.75, 3.05) is 0 Å². The highest BCUT2D eigenvalue weighted by atomic mass is 16.3. The number of aliphatic hydroxyl groups is 2. The molecule has 2 N–H and O–H groups in total. The van der Waals surface area contributed by atoms with Crippen LogP contribution in [0, 0.1) is 5.41 Å². The van der Waals surface area contributed by atoms with Crippen molar-refractivity contribution in [3.8, 4) is 0 Å². The highest BCUT2D eigenvalue weighted by Crippen LogP contribution is 2.32. The Hall–Kier alpha value is -0.920. The lowest BCUT2D eigenvalue weighted by atomic mass is 9.84. The van der Waals surface area contributed by atoms with Gasteiger partial charge in [0.15, 0.2) is 0 Å². The lowest BCUT2D eigenvalue weighted by Crippen LogP contribution is -2.16. The van der Waals surface area contributed by atoms with E-state index >= 15 is 0 Å². The number of allylic oxidation sites excluding steroid dienone is 3. The van der Waals surface area contributed by atoms with Crippen LogP contribution in [0.25, 0.3) is 0 Å². The fourth-order valence-corrected chi connectivity index (χ4v) is 0.859. The van der Waals surface area contributed by atoms with Gasteiger partial charge in [-0.15, -0.1) is 0 Å². The van der Waals surface area contributed by atoms with E-state index in [9.17, 15) is 5.11 Å². The molecule has 0 radical (unpaired) electrons. The van der Waals surface area contributed by atoms with Crippen LogP contribution >= 0.6 is 0 Å². The molecule has 1 aliphatic carbocycles. The van der Waals surface area contributed by atoms with E-state index in [2.05, 4.69) is 0 Å². The molecule has 56 valence electrons. The summed E-state index contributed by atoms with van der Waals surface area (Å²) >= 11 is 0. The van der Waals surface area contributed by atoms with E-state index in [0.29, 0.717) is 6.42 Å². The molecule has 0 bridgehead atoms. The zero-order chi connectivity index (χ0) is 7.78. The first-order valence-corrected chi connectivity index (χ1v) is 3.33. The molecule has 1 aliphatic rings. The average Bonchev–Trinajstić information content (AvgIpc) is 1.81. The van der Waals surface area contributed by atoms with Gasteiger partial charge in [0.1, 0.15) is 11.5 Å². The van der Waals surface area contributed by atoms with Crippen molar-refractivity contribution < 1.29 is 10.2 Å². The van der Waals surface area contributed by atoms with Gasteiger partial charge < -0.3 is 10.2 Å². The van der Waals surface area contributed by atoms with Crippen LogP contribution in [0.5, 0.6) is 0 Å². The summed E-state index contributed by atoms with van der Waals surface area (Å²) in [6.07, 6.45) is 3.80. The van der Waals surface area contributed by atoms with E-state index in [-0.39, 0.29) is 16.9 Å². The third-order valence-electron chi connectivity index (χ3n) is 1.80. The minimum Gasteiger partial charge on any atom is -0.512 e. The average molecular weight is 140 g/mol. The Morgan fingerprint density at radius 3 is 2.40 bits per heavy atom. The van der Waals surface area contributed by atoms with Crippen molar-refractivity contribution in [1.82, 2.24) is 0 Å². The molecule has 0 saturated heterocycles. The molecule has 0 saturated carbocycles. The van der Waals surface area contributed by atoms with E-state index in [1.807, 2.05) is 13.8 Å². The maximum atomic E-state index is 9.27. The standard InChI is InChI=1S/C8H12O2/c1-8(2)4-3-6(9)5-7(8)10/h3,5,9-10H,4H2,1-2H3. The monoisotopic (exact) mass is 140 g/mol. The van der Waals surface area contributed by atoms with Gasteiger partial charge in [-0.1, -0.05) is 13.8 Å². The van der Waals surface area contributed by atoms with Gasteiger partial charge in [-0.3, -0.25) is 0 Å². The third kappa shape index (κ3) is 1.15. The minimum absolute atomic E-state index is 0.164. The Balaban J connectivity index is 2.88. The molecule has 0 atom stereocenters. The van der Waals surface area contributed by atoms with Crippen molar-refractivity contribution in [3.63, 3.8) is 0 Å². The quantitative estimate of drug-likeness (QED) is 0.542. The molecule has 0 spiro atoms. The number of aliphatic hydroxyl groups excluding tert-OH is 2. The van der Waals surface area contributed by atoms with Gasteiger partial charge in [0.25, 0.3) is 0 Å². The van der Waals surface area contributed by atoms with Crippen molar-refractivity contribution in [2.45, 2.75) is 20.3 Å². The molecule has 2 nitrogen and oxygen atoms in total. The van der Waals surface area contributed by atoms with E-state index in [0.717, 1.165) is 0 Å². The van der Waals surface area contributed by atoms with E-state index in [1.165, 1.54) is 6.08 Å². The summed E-state index contributed by atoms with van der Waals surface area (Å²) < 4.78 is 0. The van der Waals surface area contributed by atoms with Crippen molar-refractivity contribution in [2.24, 2.45) is 5.41 Å². The Bertz CT molecular complexity index is 199. The van der Waals surface area contributed by atoms with Crippen LogP contribution in [0.1, 0.15) is 20.3 Å². The second kappa shape index (κ2) is 2.04. The van der Waals surface area contributed by atoms with E-state index < -0.39 is 0 Å². The predicted molar refractivity (Wildman–Crippen MR) is 39.8 cm³/mol. The van der Waals surface area contributed by atoms with Gasteiger partial charge in [-0.25, -0.2) is 0 Å². The smallest absolute Gasteiger partial charge is 0.114 e. The SMILES string of the molecule is CC1(C)CC=C(O)C=C1O. The summed E-state index contributed by atoms with van der Waals surface area (Å²) in [5.41, 5.74) is -0.202. The van der Waals surface area contributed by atoms with Gasteiger partial charge in [0.05, 0.1) is 0 Å². The summed E-state index contributed by atoms with van der Waals surface area (Å²) in [5, 5.41) is 18.2. The molecule has 0 aromatic carbocycles. The molecule has 0 aromatic rings. The van der Waals surface area contributed by atoms with Crippen LogP contribution < -0.4 is 0 Å². The Labute approximate surface area is 60.5 Å². The van der Waals surface area contributed by atoms with Crippen molar-refractivity contribution in [1.29, 1.82) is 0 Å². The zero-order valence-electron chi connectivity index (χ0n) is 6.26. The summed E-state index contributed by atoms with van der Waals surface area (Å²) in [4.78, 5) is 0. The van der Waals surface area contributed by atoms with Gasteiger partial charge in [-0.2, -0.15) is 0 Å². The summed E-state index contributed by atoms with van der Waals surface area (Å²) in [7, 11) is 0. The molecule has 0 heterocycles. The van der Waals surface area contributed by atoms with Crippen LogP contribution in [0.2, 0.25) is 0 Å². The molecule has 2 heteroatoms. The van der Waals surface area contributed by atoms with Gasteiger partial charge >= 0.3 is 0 Å². The topological polar surface area (TPSA) is 40.5 Å². The van der Waals surface area contributed by atoms with Crippen molar-refractivity contribution >= 4 is 0 Å². The molecular formula is C8H12O2. The molecule has 1 rings (SSSR count). The highest BCUT2D eigenvalue weighted by molar-refractivity contribution is 5.23. The first-order valence-electron chi connectivity index (χ1n) is 3.33. The molecule has 0 aliphatic heterocycles. The fourth-order valence-electron chi connectivity index (χ4n) is 0.859. The van der Waals surface area contributed by atoms with Crippen LogP contribution in [0.4, 0.5) is 0 Å². The lowest BCUT2D eigenvalue weighted by Gasteiger charge is -2.24. The molecule has 10 heavy (non-hydrogen) atoms. The van der Waals surface area contributed by atoms with Gasteiger partial charge in [0, 0.05) is 11.5 Å². The first-order chi connectivity index (χ1) is 4.52. The maximum absolute atomic E-state index is 9.27. The van der Waals surface area contributed by atoms with Crippen LogP contribution in [0.3, 0.4) is 0 Å². The number of rotatable bonds is 0. The van der Waals surface area contributed by atoms with Crippen LogP contribution in [-0.4, -0.2) is 10.2 Å². The second-order valence-electron chi connectivity index (χ2n) is 3.25. The van der Waals surface area contributed by atoms with Crippen LogP contribution in [0.15, 0.2) is 23.7 Å². The summed E-state index contributed by atoms with van der Waals surface area (Å²) in [5.74, 6) is 0.421. The molecule has 0 amide bonds. The lowest BCUT2D eigenvalue weighted by molar-refractivity contribution is 0.246. The molecule has 0 unspecified atom stereocenters. The minimum atomic E-state index is -0.202. The Kier molecular flexibility index (Phi) is 1.47. The highest BCUT2D eigenvalue weighted by Gasteiger charge is 2.24. The first kappa shape index (κ1) is 7.19. The Morgan fingerprint density at radius 2 is 2.00 bits per heavy atom. The largest absolute Gasteiger partial charge is 0.512 e. The number of hydrogen-bond acceptors (Lipinski definition) is 2.